The SMILES string of the molecule is Cc1ccc2c(oc3ccncc32)c1-c1cc2c(c[n+]1C)CCC1(CCCCC1)C2. The number of benzene rings is 1. The Morgan fingerprint density at radius 1 is 1.00 bits per heavy atom. The summed E-state index contributed by atoms with van der Waals surface area (Å²) >= 11 is 0. The van der Waals surface area contributed by atoms with Gasteiger partial charge in [0.1, 0.15) is 18.2 Å². The highest BCUT2D eigenvalue weighted by atomic mass is 16.3. The minimum absolute atomic E-state index is 0.550. The van der Waals surface area contributed by atoms with Gasteiger partial charge in [-0.05, 0) is 61.6 Å². The second-order valence-electron chi connectivity index (χ2n) is 9.67. The second-order valence-corrected chi connectivity index (χ2v) is 9.67. The summed E-state index contributed by atoms with van der Waals surface area (Å²) < 4.78 is 8.68. The average molecular weight is 398 g/mol. The van der Waals surface area contributed by atoms with Crippen molar-refractivity contribution in [2.45, 2.75) is 58.3 Å². The molecule has 6 rings (SSSR count). The van der Waals surface area contributed by atoms with E-state index in [-0.39, 0.29) is 0 Å². The highest BCUT2D eigenvalue weighted by molar-refractivity contribution is 6.09. The lowest BCUT2D eigenvalue weighted by atomic mass is 9.64. The Morgan fingerprint density at radius 2 is 1.87 bits per heavy atom. The number of rotatable bonds is 1. The van der Waals surface area contributed by atoms with E-state index in [1.54, 1.807) is 11.8 Å². The van der Waals surface area contributed by atoms with E-state index < -0.39 is 0 Å². The summed E-state index contributed by atoms with van der Waals surface area (Å²) in [6.07, 6.45) is 17.0. The van der Waals surface area contributed by atoms with Crippen LogP contribution >= 0.6 is 0 Å². The van der Waals surface area contributed by atoms with Gasteiger partial charge in [-0.15, -0.1) is 0 Å². The van der Waals surface area contributed by atoms with Crippen LogP contribution in [0.5, 0.6) is 0 Å². The second kappa shape index (κ2) is 6.66. The molecular formula is C27H29N2O+. The summed E-state index contributed by atoms with van der Waals surface area (Å²) in [5.41, 5.74) is 9.28. The Bertz CT molecular complexity index is 1280. The highest BCUT2D eigenvalue weighted by Gasteiger charge is 2.37. The number of fused-ring (bicyclic) bond motifs is 4. The van der Waals surface area contributed by atoms with Gasteiger partial charge in [0.2, 0.25) is 5.69 Å². The highest BCUT2D eigenvalue weighted by Crippen LogP contribution is 2.47. The van der Waals surface area contributed by atoms with Crippen molar-refractivity contribution in [3.63, 3.8) is 0 Å². The molecular weight excluding hydrogens is 368 g/mol. The van der Waals surface area contributed by atoms with Gasteiger partial charge in [-0.3, -0.25) is 4.98 Å². The minimum Gasteiger partial charge on any atom is -0.455 e. The van der Waals surface area contributed by atoms with Crippen LogP contribution in [0.25, 0.3) is 33.2 Å². The lowest BCUT2D eigenvalue weighted by Crippen LogP contribution is -2.36. The maximum Gasteiger partial charge on any atom is 0.216 e. The van der Waals surface area contributed by atoms with Gasteiger partial charge in [-0.2, -0.15) is 0 Å². The molecule has 0 unspecified atom stereocenters. The molecule has 0 atom stereocenters. The fraction of sp³-hybridized carbons (Fsp3) is 0.407. The molecule has 0 bridgehead atoms. The van der Waals surface area contributed by atoms with Crippen LogP contribution in [0.3, 0.4) is 0 Å². The predicted molar refractivity (Wildman–Crippen MR) is 120 cm³/mol. The zero-order valence-electron chi connectivity index (χ0n) is 18.0. The fourth-order valence-electron chi connectivity index (χ4n) is 6.11. The molecule has 2 aliphatic rings. The van der Waals surface area contributed by atoms with Gasteiger partial charge in [0.05, 0.1) is 5.56 Å². The summed E-state index contributed by atoms with van der Waals surface area (Å²) in [6.45, 7) is 2.20. The van der Waals surface area contributed by atoms with Gasteiger partial charge in [0.25, 0.3) is 0 Å². The van der Waals surface area contributed by atoms with Crippen molar-refractivity contribution in [1.82, 2.24) is 4.98 Å². The molecule has 3 heterocycles. The number of aromatic nitrogens is 2. The molecule has 3 nitrogen and oxygen atoms in total. The number of pyridine rings is 2. The first-order valence-electron chi connectivity index (χ1n) is 11.4. The van der Waals surface area contributed by atoms with Crippen LogP contribution in [0.4, 0.5) is 0 Å². The van der Waals surface area contributed by atoms with E-state index in [2.05, 4.69) is 47.9 Å². The molecule has 4 aromatic rings. The first kappa shape index (κ1) is 18.1. The first-order chi connectivity index (χ1) is 14.6. The number of hydrogen-bond acceptors (Lipinski definition) is 2. The van der Waals surface area contributed by atoms with Crippen LogP contribution in [0.2, 0.25) is 0 Å². The molecule has 1 saturated carbocycles. The molecule has 2 aliphatic carbocycles. The van der Waals surface area contributed by atoms with Crippen LogP contribution in [-0.4, -0.2) is 4.98 Å². The van der Waals surface area contributed by atoms with Crippen molar-refractivity contribution in [3.8, 4) is 11.3 Å². The summed E-state index contributed by atoms with van der Waals surface area (Å²) in [5, 5.41) is 2.25. The first-order valence-corrected chi connectivity index (χ1v) is 11.4. The summed E-state index contributed by atoms with van der Waals surface area (Å²) in [5.74, 6) is 0. The molecule has 3 heteroatoms. The largest absolute Gasteiger partial charge is 0.455 e. The molecule has 1 fully saturated rings. The van der Waals surface area contributed by atoms with Crippen LogP contribution in [0, 0.1) is 12.3 Å². The Morgan fingerprint density at radius 3 is 2.73 bits per heavy atom. The third-order valence-electron chi connectivity index (χ3n) is 7.76. The molecule has 0 saturated heterocycles. The number of nitrogens with zero attached hydrogens (tertiary/aromatic N) is 2. The van der Waals surface area contributed by atoms with Crippen LogP contribution in [-0.2, 0) is 19.9 Å². The Hall–Kier alpha value is -2.68. The summed E-state index contributed by atoms with van der Waals surface area (Å²) in [7, 11) is 2.18. The predicted octanol–water partition coefficient (Wildman–Crippen LogP) is 6.22. The lowest BCUT2D eigenvalue weighted by molar-refractivity contribution is -0.660. The van der Waals surface area contributed by atoms with E-state index in [4.69, 9.17) is 4.42 Å². The quantitative estimate of drug-likeness (QED) is 0.357. The van der Waals surface area contributed by atoms with Crippen molar-refractivity contribution in [1.29, 1.82) is 0 Å². The maximum atomic E-state index is 6.37. The van der Waals surface area contributed by atoms with Gasteiger partial charge < -0.3 is 4.42 Å². The average Bonchev–Trinajstić information content (AvgIpc) is 3.13. The van der Waals surface area contributed by atoms with E-state index in [9.17, 15) is 0 Å². The van der Waals surface area contributed by atoms with Crippen LogP contribution in [0.1, 0.15) is 55.2 Å². The van der Waals surface area contributed by atoms with Crippen molar-refractivity contribution >= 4 is 21.9 Å². The molecule has 1 aromatic carbocycles. The number of furan rings is 1. The van der Waals surface area contributed by atoms with E-state index in [1.807, 2.05) is 12.3 Å². The monoisotopic (exact) mass is 397 g/mol. The fourth-order valence-corrected chi connectivity index (χ4v) is 6.11. The molecule has 152 valence electrons. The normalized spacial score (nSPS) is 18.2. The molecule has 0 aliphatic heterocycles. The molecule has 0 N–H and O–H groups in total. The van der Waals surface area contributed by atoms with E-state index >= 15 is 0 Å². The zero-order valence-corrected chi connectivity index (χ0v) is 18.0. The minimum atomic E-state index is 0.550. The van der Waals surface area contributed by atoms with Gasteiger partial charge in [0.15, 0.2) is 6.20 Å². The maximum absolute atomic E-state index is 6.37. The molecule has 0 radical (unpaired) electrons. The van der Waals surface area contributed by atoms with Gasteiger partial charge in [0, 0.05) is 34.8 Å². The smallest absolute Gasteiger partial charge is 0.216 e. The van der Waals surface area contributed by atoms with Crippen LogP contribution in [0.15, 0.2) is 47.3 Å². The summed E-state index contributed by atoms with van der Waals surface area (Å²) in [4.78, 5) is 4.32. The summed E-state index contributed by atoms with van der Waals surface area (Å²) in [6, 6.07) is 8.84. The third kappa shape index (κ3) is 2.71. The molecule has 0 amide bonds. The Labute approximate surface area is 177 Å². The Kier molecular flexibility index (Phi) is 4.02. The number of aryl methyl sites for hydroxylation is 3. The number of hydrogen-bond donors (Lipinski definition) is 0. The molecule has 3 aromatic heterocycles. The lowest BCUT2D eigenvalue weighted by Gasteiger charge is -2.41. The van der Waals surface area contributed by atoms with E-state index in [1.165, 1.54) is 73.8 Å². The van der Waals surface area contributed by atoms with Gasteiger partial charge >= 0.3 is 0 Å². The molecule has 1 spiro atoms. The topological polar surface area (TPSA) is 29.9 Å². The zero-order chi connectivity index (χ0) is 20.3. The molecule has 30 heavy (non-hydrogen) atoms. The van der Waals surface area contributed by atoms with Crippen LogP contribution < -0.4 is 4.57 Å². The van der Waals surface area contributed by atoms with E-state index in [0.29, 0.717) is 5.41 Å². The Balaban J connectivity index is 1.54. The van der Waals surface area contributed by atoms with Crippen molar-refractivity contribution in [2.75, 3.05) is 0 Å². The van der Waals surface area contributed by atoms with Crippen molar-refractivity contribution in [2.24, 2.45) is 12.5 Å². The van der Waals surface area contributed by atoms with E-state index in [0.717, 1.165) is 21.9 Å². The van der Waals surface area contributed by atoms with Crippen molar-refractivity contribution in [3.05, 3.63) is 59.5 Å². The van der Waals surface area contributed by atoms with Gasteiger partial charge in [-0.1, -0.05) is 31.4 Å². The standard InChI is InChI=1S/C27H29N2O/c1-18-6-7-21-22-16-28-13-9-24(22)30-26(21)25(18)23-14-20-15-27(10-4-3-5-11-27)12-8-19(20)17-29(23)2/h6-7,9,13-14,16-17H,3-5,8,10-12,15H2,1-2H3/q+1. The third-order valence-corrected chi connectivity index (χ3v) is 7.76. The van der Waals surface area contributed by atoms with Gasteiger partial charge in [-0.25, -0.2) is 4.57 Å². The van der Waals surface area contributed by atoms with Crippen molar-refractivity contribution < 1.29 is 8.98 Å².